The van der Waals surface area contributed by atoms with Crippen LogP contribution in [0.4, 0.5) is 10.1 Å². The zero-order valence-corrected chi connectivity index (χ0v) is 10.3. The van der Waals surface area contributed by atoms with Gasteiger partial charge in [0.15, 0.2) is 0 Å². The van der Waals surface area contributed by atoms with Crippen molar-refractivity contribution in [3.05, 3.63) is 66.0 Å². The summed E-state index contributed by atoms with van der Waals surface area (Å²) in [6.45, 7) is 0. The van der Waals surface area contributed by atoms with Crippen LogP contribution in [-0.2, 0) is 0 Å². The quantitative estimate of drug-likeness (QED) is 0.896. The summed E-state index contributed by atoms with van der Waals surface area (Å²) in [7, 11) is 0. The molecular formula is C15H14FN3. The number of para-hydroxylation sites is 1. The smallest absolute Gasteiger partial charge is 0.148 e. The first-order valence-corrected chi connectivity index (χ1v) is 6.17. The zero-order chi connectivity index (χ0) is 13.2. The molecule has 0 saturated carbocycles. The van der Waals surface area contributed by atoms with E-state index in [-0.39, 0.29) is 11.9 Å². The summed E-state index contributed by atoms with van der Waals surface area (Å²) in [5.41, 5.74) is 7.36. The van der Waals surface area contributed by atoms with Crippen LogP contribution in [0, 0.1) is 5.82 Å². The van der Waals surface area contributed by atoms with Crippen molar-refractivity contribution in [1.29, 1.82) is 0 Å². The molecule has 0 fully saturated rings. The third-order valence-electron chi connectivity index (χ3n) is 3.22. The monoisotopic (exact) mass is 255 g/mol. The molecule has 0 spiro atoms. The molecule has 2 aromatic carbocycles. The van der Waals surface area contributed by atoms with Crippen LogP contribution in [0.25, 0.3) is 0 Å². The number of nitrogens with zero attached hydrogens (tertiary/aromatic N) is 2. The Bertz CT molecular complexity index is 610. The minimum Gasteiger partial charge on any atom is -0.386 e. The molecule has 0 saturated heterocycles. The maximum Gasteiger partial charge on any atom is 0.148 e. The Kier molecular flexibility index (Phi) is 2.91. The van der Waals surface area contributed by atoms with Gasteiger partial charge in [-0.05, 0) is 17.7 Å². The lowest BCUT2D eigenvalue weighted by Crippen LogP contribution is -2.19. The second kappa shape index (κ2) is 4.72. The molecule has 1 unspecified atom stereocenters. The molecule has 1 atom stereocenters. The molecule has 0 aromatic heterocycles. The topological polar surface area (TPSA) is 41.6 Å². The van der Waals surface area contributed by atoms with E-state index in [2.05, 4.69) is 5.10 Å². The molecule has 1 aliphatic rings. The van der Waals surface area contributed by atoms with E-state index < -0.39 is 0 Å². The van der Waals surface area contributed by atoms with Crippen LogP contribution in [0.15, 0.2) is 59.7 Å². The van der Waals surface area contributed by atoms with Crippen molar-refractivity contribution in [1.82, 2.24) is 0 Å². The molecule has 0 radical (unpaired) electrons. The van der Waals surface area contributed by atoms with E-state index in [9.17, 15) is 4.39 Å². The van der Waals surface area contributed by atoms with E-state index >= 15 is 0 Å². The van der Waals surface area contributed by atoms with Gasteiger partial charge in [0.1, 0.15) is 11.7 Å². The van der Waals surface area contributed by atoms with Crippen molar-refractivity contribution in [2.75, 3.05) is 5.01 Å². The second-order valence-corrected chi connectivity index (χ2v) is 4.52. The maximum atomic E-state index is 13.9. The number of rotatable bonds is 2. The van der Waals surface area contributed by atoms with Gasteiger partial charge in [-0.25, -0.2) is 4.39 Å². The molecule has 3 rings (SSSR count). The fourth-order valence-corrected chi connectivity index (χ4v) is 2.33. The lowest BCUT2D eigenvalue weighted by Gasteiger charge is -2.24. The van der Waals surface area contributed by atoms with Gasteiger partial charge in [-0.2, -0.15) is 5.10 Å². The third-order valence-corrected chi connectivity index (χ3v) is 3.22. The Morgan fingerprint density at radius 1 is 1.05 bits per heavy atom. The average Bonchev–Trinajstić information content (AvgIpc) is 2.82. The van der Waals surface area contributed by atoms with Crippen LogP contribution in [0.5, 0.6) is 0 Å². The van der Waals surface area contributed by atoms with Crippen molar-refractivity contribution in [2.45, 2.75) is 12.5 Å². The van der Waals surface area contributed by atoms with Crippen LogP contribution < -0.4 is 10.7 Å². The lowest BCUT2D eigenvalue weighted by molar-refractivity contribution is 0.606. The SMILES string of the molecule is NC1=NN(c2ccccc2F)C(c2ccccc2)C1. The zero-order valence-electron chi connectivity index (χ0n) is 10.3. The summed E-state index contributed by atoms with van der Waals surface area (Å²) < 4.78 is 13.9. The molecule has 4 heteroatoms. The van der Waals surface area contributed by atoms with Gasteiger partial charge >= 0.3 is 0 Å². The highest BCUT2D eigenvalue weighted by Crippen LogP contribution is 2.35. The summed E-state index contributed by atoms with van der Waals surface area (Å²) in [4.78, 5) is 0. The molecular weight excluding hydrogens is 241 g/mol. The summed E-state index contributed by atoms with van der Waals surface area (Å²) in [6, 6.07) is 16.5. The third kappa shape index (κ3) is 2.17. The van der Waals surface area contributed by atoms with Gasteiger partial charge in [-0.15, -0.1) is 0 Å². The Morgan fingerprint density at radius 2 is 1.74 bits per heavy atom. The van der Waals surface area contributed by atoms with Gasteiger partial charge in [0.25, 0.3) is 0 Å². The summed E-state index contributed by atoms with van der Waals surface area (Å²) >= 11 is 0. The Labute approximate surface area is 111 Å². The van der Waals surface area contributed by atoms with Crippen molar-refractivity contribution >= 4 is 11.5 Å². The minimum absolute atomic E-state index is 0.0434. The lowest BCUT2D eigenvalue weighted by atomic mass is 10.0. The number of anilines is 1. The summed E-state index contributed by atoms with van der Waals surface area (Å²) in [5.74, 6) is 0.235. The molecule has 2 N–H and O–H groups in total. The number of halogens is 1. The molecule has 0 amide bonds. The van der Waals surface area contributed by atoms with E-state index in [1.165, 1.54) is 6.07 Å². The van der Waals surface area contributed by atoms with Crippen LogP contribution in [0.3, 0.4) is 0 Å². The van der Waals surface area contributed by atoms with E-state index in [1.54, 1.807) is 23.2 Å². The van der Waals surface area contributed by atoms with Gasteiger partial charge in [-0.3, -0.25) is 5.01 Å². The van der Waals surface area contributed by atoms with Gasteiger partial charge in [0.05, 0.1) is 11.7 Å². The fourth-order valence-electron chi connectivity index (χ4n) is 2.33. The highest BCUT2D eigenvalue weighted by molar-refractivity contribution is 5.85. The molecule has 2 aromatic rings. The first kappa shape index (κ1) is 11.7. The van der Waals surface area contributed by atoms with E-state index in [0.29, 0.717) is 17.9 Å². The van der Waals surface area contributed by atoms with Gasteiger partial charge in [0, 0.05) is 6.42 Å². The predicted octanol–water partition coefficient (Wildman–Crippen LogP) is 3.05. The second-order valence-electron chi connectivity index (χ2n) is 4.52. The first-order chi connectivity index (χ1) is 9.25. The number of hydrazone groups is 1. The van der Waals surface area contributed by atoms with Gasteiger partial charge < -0.3 is 5.73 Å². The van der Waals surface area contributed by atoms with Gasteiger partial charge in [0.2, 0.25) is 0 Å². The molecule has 19 heavy (non-hydrogen) atoms. The molecule has 0 bridgehead atoms. The summed E-state index contributed by atoms with van der Waals surface area (Å²) in [6.07, 6.45) is 0.609. The number of nitrogens with two attached hydrogens (primary N) is 1. The number of amidine groups is 1. The number of hydrogen-bond donors (Lipinski definition) is 1. The predicted molar refractivity (Wildman–Crippen MR) is 74.3 cm³/mol. The fraction of sp³-hybridized carbons (Fsp3) is 0.133. The Balaban J connectivity index is 2.01. The molecule has 0 aliphatic carbocycles. The molecule has 1 heterocycles. The Hall–Kier alpha value is -2.36. The Morgan fingerprint density at radius 3 is 2.47 bits per heavy atom. The van der Waals surface area contributed by atoms with Crippen LogP contribution >= 0.6 is 0 Å². The number of hydrogen-bond acceptors (Lipinski definition) is 3. The number of benzene rings is 2. The van der Waals surface area contributed by atoms with Gasteiger partial charge in [-0.1, -0.05) is 42.5 Å². The highest BCUT2D eigenvalue weighted by atomic mass is 19.1. The van der Waals surface area contributed by atoms with E-state index in [4.69, 9.17) is 5.73 Å². The first-order valence-electron chi connectivity index (χ1n) is 6.17. The molecule has 96 valence electrons. The minimum atomic E-state index is -0.290. The summed E-state index contributed by atoms with van der Waals surface area (Å²) in [5, 5.41) is 5.93. The standard InChI is InChI=1S/C15H14FN3/c16-12-8-4-5-9-13(12)19-14(10-15(17)18-19)11-6-2-1-3-7-11/h1-9,14H,10H2,(H2,17,18). The van der Waals surface area contributed by atoms with E-state index in [1.807, 2.05) is 30.3 Å². The van der Waals surface area contributed by atoms with Crippen LogP contribution in [0.2, 0.25) is 0 Å². The average molecular weight is 255 g/mol. The van der Waals surface area contributed by atoms with Crippen molar-refractivity contribution in [2.24, 2.45) is 10.8 Å². The van der Waals surface area contributed by atoms with E-state index in [0.717, 1.165) is 5.56 Å². The largest absolute Gasteiger partial charge is 0.386 e. The van der Waals surface area contributed by atoms with Crippen molar-refractivity contribution in [3.63, 3.8) is 0 Å². The van der Waals surface area contributed by atoms with Crippen molar-refractivity contribution < 1.29 is 4.39 Å². The molecule has 1 aliphatic heterocycles. The maximum absolute atomic E-state index is 13.9. The normalized spacial score (nSPS) is 18.5. The van der Waals surface area contributed by atoms with Crippen molar-refractivity contribution in [3.8, 4) is 0 Å². The highest BCUT2D eigenvalue weighted by Gasteiger charge is 2.29. The van der Waals surface area contributed by atoms with Crippen LogP contribution in [-0.4, -0.2) is 5.84 Å². The van der Waals surface area contributed by atoms with Crippen LogP contribution in [0.1, 0.15) is 18.0 Å². The molecule has 3 nitrogen and oxygen atoms in total.